The zero-order valence-electron chi connectivity index (χ0n) is 15.3. The fourth-order valence-electron chi connectivity index (χ4n) is 3.54. The summed E-state index contributed by atoms with van der Waals surface area (Å²) in [5, 5.41) is 3.49. The van der Waals surface area contributed by atoms with Crippen molar-refractivity contribution < 1.29 is 9.59 Å². The summed E-state index contributed by atoms with van der Waals surface area (Å²) in [6, 6.07) is 7.05. The van der Waals surface area contributed by atoms with Crippen LogP contribution in [0, 0.1) is 5.92 Å². The van der Waals surface area contributed by atoms with Gasteiger partial charge in [0.05, 0.1) is 0 Å². The Labute approximate surface area is 160 Å². The third kappa shape index (κ3) is 5.11. The first kappa shape index (κ1) is 19.0. The van der Waals surface area contributed by atoms with Gasteiger partial charge in [0.2, 0.25) is 5.91 Å². The molecule has 2 aliphatic heterocycles. The molecular weight excluding hydrogens is 352 g/mol. The lowest BCUT2D eigenvalue weighted by Gasteiger charge is -2.35. The first-order valence-electron chi connectivity index (χ1n) is 9.29. The van der Waals surface area contributed by atoms with Crippen LogP contribution in [-0.4, -0.2) is 73.0 Å². The number of rotatable bonds is 3. The molecule has 26 heavy (non-hydrogen) atoms. The Bertz CT molecular complexity index is 638. The third-order valence-corrected chi connectivity index (χ3v) is 5.53. The van der Waals surface area contributed by atoms with Crippen molar-refractivity contribution in [2.45, 2.75) is 19.3 Å². The topological polar surface area (TPSA) is 55.9 Å². The SMILES string of the molecule is CN1CCN(C(=O)CC2CCN(C(=O)Nc3cccc(Cl)c3)CC2)CC1. The smallest absolute Gasteiger partial charge is 0.321 e. The molecule has 0 unspecified atom stereocenters. The number of amides is 3. The van der Waals surface area contributed by atoms with E-state index in [2.05, 4.69) is 17.3 Å². The van der Waals surface area contributed by atoms with Crippen LogP contribution >= 0.6 is 11.6 Å². The molecule has 0 aliphatic carbocycles. The Balaban J connectivity index is 1.42. The molecule has 0 atom stereocenters. The van der Waals surface area contributed by atoms with Gasteiger partial charge in [-0.2, -0.15) is 0 Å². The summed E-state index contributed by atoms with van der Waals surface area (Å²) in [4.78, 5) is 30.9. The maximum absolute atomic E-state index is 12.5. The number of halogens is 1. The van der Waals surface area contributed by atoms with Crippen molar-refractivity contribution in [3.05, 3.63) is 29.3 Å². The fraction of sp³-hybridized carbons (Fsp3) is 0.579. The van der Waals surface area contributed by atoms with E-state index >= 15 is 0 Å². The maximum atomic E-state index is 12.5. The fourth-order valence-corrected chi connectivity index (χ4v) is 3.73. The predicted octanol–water partition coefficient (Wildman–Crippen LogP) is 2.75. The normalized spacial score (nSPS) is 19.5. The molecule has 1 N–H and O–H groups in total. The highest BCUT2D eigenvalue weighted by molar-refractivity contribution is 6.30. The van der Waals surface area contributed by atoms with E-state index in [-0.39, 0.29) is 11.9 Å². The standard InChI is InChI=1S/C19H27ClN4O2/c1-22-9-11-23(12-10-22)18(25)13-15-5-7-24(8-6-15)19(26)21-17-4-2-3-16(20)14-17/h2-4,14-15H,5-13H2,1H3,(H,21,26). The van der Waals surface area contributed by atoms with Gasteiger partial charge in [0.15, 0.2) is 0 Å². The molecule has 0 saturated carbocycles. The summed E-state index contributed by atoms with van der Waals surface area (Å²) in [5.74, 6) is 0.636. The highest BCUT2D eigenvalue weighted by Gasteiger charge is 2.27. The van der Waals surface area contributed by atoms with Gasteiger partial charge in [-0.3, -0.25) is 4.79 Å². The van der Waals surface area contributed by atoms with Crippen molar-refractivity contribution in [3.8, 4) is 0 Å². The number of piperazine rings is 1. The number of carbonyl (C=O) groups excluding carboxylic acids is 2. The Kier molecular flexibility index (Phi) is 6.38. The number of likely N-dealkylation sites (N-methyl/N-ethyl adjacent to an activating group) is 1. The molecule has 0 spiro atoms. The summed E-state index contributed by atoms with van der Waals surface area (Å²) >= 11 is 5.95. The molecule has 0 aromatic heterocycles. The molecule has 142 valence electrons. The Morgan fingerprint density at radius 2 is 1.77 bits per heavy atom. The van der Waals surface area contributed by atoms with Gasteiger partial charge in [0, 0.05) is 56.4 Å². The average Bonchev–Trinajstić information content (AvgIpc) is 2.63. The average molecular weight is 379 g/mol. The first-order chi connectivity index (χ1) is 12.5. The molecule has 7 heteroatoms. The van der Waals surface area contributed by atoms with Crippen molar-refractivity contribution >= 4 is 29.2 Å². The summed E-state index contributed by atoms with van der Waals surface area (Å²) in [7, 11) is 2.09. The molecule has 6 nitrogen and oxygen atoms in total. The van der Waals surface area contributed by atoms with Gasteiger partial charge in [-0.15, -0.1) is 0 Å². The monoisotopic (exact) mass is 378 g/mol. The van der Waals surface area contributed by atoms with E-state index in [0.29, 0.717) is 36.1 Å². The van der Waals surface area contributed by atoms with E-state index in [1.807, 2.05) is 21.9 Å². The van der Waals surface area contributed by atoms with Crippen molar-refractivity contribution in [1.29, 1.82) is 0 Å². The van der Waals surface area contributed by atoms with E-state index in [0.717, 1.165) is 39.0 Å². The minimum absolute atomic E-state index is 0.101. The number of nitrogens with zero attached hydrogens (tertiary/aromatic N) is 3. The lowest BCUT2D eigenvalue weighted by atomic mass is 9.93. The number of nitrogens with one attached hydrogen (secondary N) is 1. The van der Waals surface area contributed by atoms with Crippen molar-refractivity contribution in [2.24, 2.45) is 5.92 Å². The molecule has 0 bridgehead atoms. The minimum atomic E-state index is -0.101. The van der Waals surface area contributed by atoms with E-state index < -0.39 is 0 Å². The summed E-state index contributed by atoms with van der Waals surface area (Å²) < 4.78 is 0. The zero-order chi connectivity index (χ0) is 18.5. The highest BCUT2D eigenvalue weighted by Crippen LogP contribution is 2.23. The molecule has 0 radical (unpaired) electrons. The molecular formula is C19H27ClN4O2. The van der Waals surface area contributed by atoms with Crippen molar-refractivity contribution in [1.82, 2.24) is 14.7 Å². The number of likely N-dealkylation sites (tertiary alicyclic amines) is 1. The summed E-state index contributed by atoms with van der Waals surface area (Å²) in [6.45, 7) is 4.94. The second kappa shape index (κ2) is 8.73. The number of urea groups is 1. The number of piperidine rings is 1. The van der Waals surface area contributed by atoms with E-state index in [1.165, 1.54) is 0 Å². The Morgan fingerprint density at radius 3 is 2.42 bits per heavy atom. The van der Waals surface area contributed by atoms with Gasteiger partial charge in [-0.25, -0.2) is 4.79 Å². The van der Waals surface area contributed by atoms with Crippen LogP contribution in [-0.2, 0) is 4.79 Å². The lowest BCUT2D eigenvalue weighted by Crippen LogP contribution is -2.48. The molecule has 2 fully saturated rings. The van der Waals surface area contributed by atoms with Gasteiger partial charge in [0.1, 0.15) is 0 Å². The maximum Gasteiger partial charge on any atom is 0.321 e. The predicted molar refractivity (Wildman–Crippen MR) is 103 cm³/mol. The van der Waals surface area contributed by atoms with Crippen LogP contribution in [0.3, 0.4) is 0 Å². The molecule has 2 saturated heterocycles. The number of hydrogen-bond acceptors (Lipinski definition) is 3. The first-order valence-corrected chi connectivity index (χ1v) is 9.67. The van der Waals surface area contributed by atoms with Crippen molar-refractivity contribution in [3.63, 3.8) is 0 Å². The second-order valence-corrected chi connectivity index (χ2v) is 7.70. The second-order valence-electron chi connectivity index (χ2n) is 7.26. The van der Waals surface area contributed by atoms with Gasteiger partial charge >= 0.3 is 6.03 Å². The van der Waals surface area contributed by atoms with E-state index in [4.69, 9.17) is 11.6 Å². The zero-order valence-corrected chi connectivity index (χ0v) is 16.0. The molecule has 1 aromatic rings. The largest absolute Gasteiger partial charge is 0.340 e. The third-order valence-electron chi connectivity index (χ3n) is 5.30. The van der Waals surface area contributed by atoms with Gasteiger partial charge in [-0.1, -0.05) is 17.7 Å². The van der Waals surface area contributed by atoms with Gasteiger partial charge < -0.3 is 20.0 Å². The van der Waals surface area contributed by atoms with Gasteiger partial charge in [-0.05, 0) is 44.0 Å². The number of hydrogen-bond donors (Lipinski definition) is 1. The molecule has 1 aromatic carbocycles. The van der Waals surface area contributed by atoms with Crippen LogP contribution in [0.5, 0.6) is 0 Å². The van der Waals surface area contributed by atoms with E-state index in [9.17, 15) is 9.59 Å². The minimum Gasteiger partial charge on any atom is -0.340 e. The Hall–Kier alpha value is -1.79. The molecule has 2 aliphatic rings. The lowest BCUT2D eigenvalue weighted by molar-refractivity contribution is -0.134. The molecule has 3 rings (SSSR count). The number of carbonyl (C=O) groups is 2. The summed E-state index contributed by atoms with van der Waals surface area (Å²) in [5.41, 5.74) is 0.704. The van der Waals surface area contributed by atoms with Crippen LogP contribution in [0.15, 0.2) is 24.3 Å². The van der Waals surface area contributed by atoms with Crippen LogP contribution in [0.25, 0.3) is 0 Å². The van der Waals surface area contributed by atoms with Crippen LogP contribution in [0.2, 0.25) is 5.02 Å². The van der Waals surface area contributed by atoms with Crippen LogP contribution in [0.4, 0.5) is 10.5 Å². The van der Waals surface area contributed by atoms with Gasteiger partial charge in [0.25, 0.3) is 0 Å². The van der Waals surface area contributed by atoms with Crippen LogP contribution in [0.1, 0.15) is 19.3 Å². The van der Waals surface area contributed by atoms with Crippen molar-refractivity contribution in [2.75, 3.05) is 51.6 Å². The van der Waals surface area contributed by atoms with Crippen LogP contribution < -0.4 is 5.32 Å². The Morgan fingerprint density at radius 1 is 1.08 bits per heavy atom. The highest BCUT2D eigenvalue weighted by atomic mass is 35.5. The number of benzene rings is 1. The summed E-state index contributed by atoms with van der Waals surface area (Å²) in [6.07, 6.45) is 2.36. The molecule has 3 amide bonds. The van der Waals surface area contributed by atoms with E-state index in [1.54, 1.807) is 12.1 Å². The number of anilines is 1. The molecule has 2 heterocycles. The quantitative estimate of drug-likeness (QED) is 0.879.